The fraction of sp³-hybridized carbons (Fsp3) is 0.0435. The molecule has 0 aliphatic rings. The second kappa shape index (κ2) is 9.02. The van der Waals surface area contributed by atoms with Gasteiger partial charge in [-0.2, -0.15) is 8.42 Å². The molecule has 0 aliphatic carbocycles. The summed E-state index contributed by atoms with van der Waals surface area (Å²) in [5.41, 5.74) is 6.37. The van der Waals surface area contributed by atoms with Crippen molar-refractivity contribution in [2.45, 2.75) is 11.8 Å². The second-order valence-electron chi connectivity index (χ2n) is 7.26. The van der Waals surface area contributed by atoms with Crippen LogP contribution in [0.4, 0.5) is 10.5 Å². The molecule has 1 aromatic heterocycles. The Balaban J connectivity index is 1.78. The minimum Gasteiger partial charge on any atom is -0.450 e. The molecule has 8 nitrogen and oxygen atoms in total. The van der Waals surface area contributed by atoms with E-state index in [4.69, 9.17) is 37.5 Å². The average Bonchev–Trinajstić information content (AvgIpc) is 3.10. The van der Waals surface area contributed by atoms with Gasteiger partial charge in [-0.05, 0) is 55.5 Å². The molecule has 1 heterocycles. The summed E-state index contributed by atoms with van der Waals surface area (Å²) in [6.07, 6.45) is 0. The standard InChI is InChI=1S/C23H16Cl2N2O6S/c1-12-2-6-15(7-3-12)34(30,31)33-14-5-9-19-17(11-14)20(27-23(26)29)22(32-19)21(28)16-8-4-13(24)10-18(16)25/h2-11H,1H3,(H3,26,27,29). The number of carbonyl (C=O) groups is 2. The number of fused-ring (bicyclic) bond motifs is 1. The number of ketones is 1. The van der Waals surface area contributed by atoms with Gasteiger partial charge in [-0.1, -0.05) is 40.9 Å². The molecule has 3 aromatic carbocycles. The Labute approximate surface area is 204 Å². The van der Waals surface area contributed by atoms with Crippen LogP contribution in [0.15, 0.2) is 70.0 Å². The molecule has 0 unspecified atom stereocenters. The van der Waals surface area contributed by atoms with Crippen molar-refractivity contribution in [1.29, 1.82) is 0 Å². The van der Waals surface area contributed by atoms with Crippen LogP contribution in [0.5, 0.6) is 5.75 Å². The van der Waals surface area contributed by atoms with Crippen molar-refractivity contribution in [3.63, 3.8) is 0 Å². The van der Waals surface area contributed by atoms with Crippen LogP contribution in [0.2, 0.25) is 10.0 Å². The van der Waals surface area contributed by atoms with Gasteiger partial charge >= 0.3 is 16.1 Å². The Kier molecular flexibility index (Phi) is 6.26. The summed E-state index contributed by atoms with van der Waals surface area (Å²) in [5.74, 6) is -0.960. The van der Waals surface area contributed by atoms with Crippen molar-refractivity contribution in [3.05, 3.63) is 87.6 Å². The summed E-state index contributed by atoms with van der Waals surface area (Å²) in [6.45, 7) is 1.83. The van der Waals surface area contributed by atoms with Gasteiger partial charge in [0.05, 0.1) is 5.02 Å². The van der Waals surface area contributed by atoms with Gasteiger partial charge in [0, 0.05) is 16.0 Å². The van der Waals surface area contributed by atoms with Crippen LogP contribution in [0.3, 0.4) is 0 Å². The minimum absolute atomic E-state index is 0.0332. The molecule has 0 saturated carbocycles. The maximum atomic E-state index is 13.1. The van der Waals surface area contributed by atoms with E-state index in [1.54, 1.807) is 12.1 Å². The Morgan fingerprint density at radius 2 is 1.71 bits per heavy atom. The van der Waals surface area contributed by atoms with E-state index in [2.05, 4.69) is 5.32 Å². The molecule has 34 heavy (non-hydrogen) atoms. The van der Waals surface area contributed by atoms with Gasteiger partial charge in [-0.15, -0.1) is 0 Å². The average molecular weight is 519 g/mol. The third-order valence-corrected chi connectivity index (χ3v) is 6.61. The van der Waals surface area contributed by atoms with E-state index in [9.17, 15) is 18.0 Å². The van der Waals surface area contributed by atoms with Crippen LogP contribution in [-0.4, -0.2) is 20.2 Å². The van der Waals surface area contributed by atoms with Crippen molar-refractivity contribution in [2.75, 3.05) is 5.32 Å². The Morgan fingerprint density at radius 3 is 2.35 bits per heavy atom. The van der Waals surface area contributed by atoms with E-state index < -0.39 is 21.9 Å². The van der Waals surface area contributed by atoms with Crippen molar-refractivity contribution in [2.24, 2.45) is 5.73 Å². The lowest BCUT2D eigenvalue weighted by atomic mass is 10.1. The number of hydrogen-bond acceptors (Lipinski definition) is 6. The first kappa shape index (κ1) is 23.6. The number of halogens is 2. The molecule has 0 bridgehead atoms. The number of anilines is 1. The normalized spacial score (nSPS) is 11.4. The molecule has 174 valence electrons. The number of nitrogens with two attached hydrogens (primary N) is 1. The first-order valence-electron chi connectivity index (χ1n) is 9.69. The largest absolute Gasteiger partial charge is 0.450 e. The number of carbonyl (C=O) groups excluding carboxylic acids is 2. The Bertz CT molecular complexity index is 1550. The lowest BCUT2D eigenvalue weighted by molar-refractivity contribution is 0.101. The second-order valence-corrected chi connectivity index (χ2v) is 9.65. The van der Waals surface area contributed by atoms with Gasteiger partial charge in [0.2, 0.25) is 5.78 Å². The maximum Gasteiger partial charge on any atom is 0.339 e. The molecule has 0 saturated heterocycles. The number of primary amides is 1. The lowest BCUT2D eigenvalue weighted by Gasteiger charge is -2.08. The topological polar surface area (TPSA) is 129 Å². The van der Waals surface area contributed by atoms with Gasteiger partial charge in [0.15, 0.2) is 5.76 Å². The van der Waals surface area contributed by atoms with E-state index in [0.29, 0.717) is 5.02 Å². The van der Waals surface area contributed by atoms with E-state index in [0.717, 1.165) is 5.56 Å². The number of rotatable bonds is 6. The third-order valence-electron chi connectivity index (χ3n) is 4.81. The number of urea groups is 1. The fourth-order valence-corrected chi connectivity index (χ4v) is 4.63. The highest BCUT2D eigenvalue weighted by Crippen LogP contribution is 2.36. The van der Waals surface area contributed by atoms with Crippen molar-refractivity contribution in [3.8, 4) is 5.75 Å². The van der Waals surface area contributed by atoms with E-state index in [-0.39, 0.29) is 43.6 Å². The smallest absolute Gasteiger partial charge is 0.339 e. The molecule has 3 N–H and O–H groups in total. The fourth-order valence-electron chi connectivity index (χ4n) is 3.21. The lowest BCUT2D eigenvalue weighted by Crippen LogP contribution is -2.20. The van der Waals surface area contributed by atoms with Crippen LogP contribution in [0.1, 0.15) is 21.7 Å². The van der Waals surface area contributed by atoms with Crippen LogP contribution >= 0.6 is 23.2 Å². The third kappa shape index (κ3) is 4.72. The molecule has 4 aromatic rings. The van der Waals surface area contributed by atoms with Crippen LogP contribution in [0.25, 0.3) is 11.0 Å². The van der Waals surface area contributed by atoms with Crippen LogP contribution in [0, 0.1) is 6.92 Å². The number of amides is 2. The summed E-state index contributed by atoms with van der Waals surface area (Å²) in [7, 11) is -4.14. The quantitative estimate of drug-likeness (QED) is 0.254. The highest BCUT2D eigenvalue weighted by atomic mass is 35.5. The maximum absolute atomic E-state index is 13.1. The molecular formula is C23H16Cl2N2O6S. The number of benzene rings is 3. The molecular weight excluding hydrogens is 503 g/mol. The number of furan rings is 1. The molecule has 0 spiro atoms. The first-order chi connectivity index (χ1) is 16.0. The monoisotopic (exact) mass is 518 g/mol. The zero-order chi connectivity index (χ0) is 24.6. The Morgan fingerprint density at radius 1 is 1.00 bits per heavy atom. The van der Waals surface area contributed by atoms with Gasteiger partial charge in [0.25, 0.3) is 0 Å². The van der Waals surface area contributed by atoms with E-state index in [1.807, 2.05) is 6.92 Å². The van der Waals surface area contributed by atoms with Gasteiger partial charge < -0.3 is 19.7 Å². The molecule has 0 atom stereocenters. The molecule has 11 heteroatoms. The summed E-state index contributed by atoms with van der Waals surface area (Å²) in [5, 5.41) is 2.97. The van der Waals surface area contributed by atoms with Crippen molar-refractivity contribution in [1.82, 2.24) is 0 Å². The zero-order valence-corrected chi connectivity index (χ0v) is 19.8. The SMILES string of the molecule is Cc1ccc(S(=O)(=O)Oc2ccc3oc(C(=O)c4ccc(Cl)cc4Cl)c(NC(N)=O)c3c2)cc1. The minimum atomic E-state index is -4.14. The number of nitrogens with one attached hydrogen (secondary N) is 1. The van der Waals surface area contributed by atoms with Gasteiger partial charge in [0.1, 0.15) is 21.9 Å². The zero-order valence-electron chi connectivity index (χ0n) is 17.5. The summed E-state index contributed by atoms with van der Waals surface area (Å²) < 4.78 is 36.2. The molecule has 4 rings (SSSR count). The molecule has 0 fully saturated rings. The van der Waals surface area contributed by atoms with Gasteiger partial charge in [-0.25, -0.2) is 4.79 Å². The van der Waals surface area contributed by atoms with E-state index >= 15 is 0 Å². The van der Waals surface area contributed by atoms with Crippen LogP contribution < -0.4 is 15.2 Å². The predicted octanol–water partition coefficient (Wildman–Crippen LogP) is 5.54. The van der Waals surface area contributed by atoms with Gasteiger partial charge in [-0.3, -0.25) is 4.79 Å². The number of hydrogen-bond donors (Lipinski definition) is 2. The van der Waals surface area contributed by atoms with E-state index in [1.165, 1.54) is 48.5 Å². The van der Waals surface area contributed by atoms with Crippen molar-refractivity contribution >= 4 is 61.8 Å². The number of aryl methyl sites for hydroxylation is 1. The molecule has 2 amide bonds. The Hall–Kier alpha value is -3.53. The highest BCUT2D eigenvalue weighted by molar-refractivity contribution is 7.87. The predicted molar refractivity (Wildman–Crippen MR) is 128 cm³/mol. The highest BCUT2D eigenvalue weighted by Gasteiger charge is 2.26. The summed E-state index contributed by atoms with van der Waals surface area (Å²) >= 11 is 12.0. The molecule has 0 radical (unpaired) electrons. The first-order valence-corrected chi connectivity index (χ1v) is 11.9. The van der Waals surface area contributed by atoms with Crippen LogP contribution in [-0.2, 0) is 10.1 Å². The summed E-state index contributed by atoms with van der Waals surface area (Å²) in [6, 6.07) is 13.5. The van der Waals surface area contributed by atoms with Crippen molar-refractivity contribution < 1.29 is 26.6 Å². The summed E-state index contributed by atoms with van der Waals surface area (Å²) in [4.78, 5) is 24.7. The molecule has 0 aliphatic heterocycles.